The van der Waals surface area contributed by atoms with E-state index in [4.69, 9.17) is 5.73 Å². The van der Waals surface area contributed by atoms with Gasteiger partial charge in [0.05, 0.1) is 12.1 Å². The first kappa shape index (κ1) is 14.1. The van der Waals surface area contributed by atoms with Crippen LogP contribution in [0, 0.1) is 0 Å². The van der Waals surface area contributed by atoms with Gasteiger partial charge >= 0.3 is 0 Å². The van der Waals surface area contributed by atoms with E-state index >= 15 is 0 Å². The Balaban J connectivity index is 2.24. The normalized spacial score (nSPS) is 23.6. The minimum atomic E-state index is -0.280. The summed E-state index contributed by atoms with van der Waals surface area (Å²) in [7, 11) is 1.98. The van der Waals surface area contributed by atoms with E-state index in [9.17, 15) is 5.11 Å². The Morgan fingerprint density at radius 2 is 2.00 bits per heavy atom. The molecule has 1 aromatic rings. The van der Waals surface area contributed by atoms with Gasteiger partial charge in [-0.15, -0.1) is 0 Å². The van der Waals surface area contributed by atoms with Crippen LogP contribution < -0.4 is 10.6 Å². The van der Waals surface area contributed by atoms with Crippen molar-refractivity contribution in [3.8, 4) is 0 Å². The van der Waals surface area contributed by atoms with E-state index in [1.54, 1.807) is 6.07 Å². The fourth-order valence-electron chi connectivity index (χ4n) is 2.62. The Hall–Kier alpha value is -1.36. The van der Waals surface area contributed by atoms with E-state index in [2.05, 4.69) is 9.97 Å². The first-order valence-corrected chi connectivity index (χ1v) is 7.04. The van der Waals surface area contributed by atoms with Crippen LogP contribution in [0.25, 0.3) is 0 Å². The van der Waals surface area contributed by atoms with Crippen molar-refractivity contribution in [3.63, 3.8) is 0 Å². The molecule has 1 saturated carbocycles. The molecule has 3 N–H and O–H groups in total. The largest absolute Gasteiger partial charge is 0.391 e. The van der Waals surface area contributed by atoms with Crippen LogP contribution in [0.15, 0.2) is 6.07 Å². The highest BCUT2D eigenvalue weighted by atomic mass is 16.3. The van der Waals surface area contributed by atoms with Crippen molar-refractivity contribution in [2.24, 2.45) is 0 Å². The number of anilines is 2. The van der Waals surface area contributed by atoms with Crippen molar-refractivity contribution in [1.82, 2.24) is 9.97 Å². The maximum Gasteiger partial charge on any atom is 0.135 e. The number of hydrogen-bond acceptors (Lipinski definition) is 5. The lowest BCUT2D eigenvalue weighted by molar-refractivity contribution is 0.106. The molecular weight excluding hydrogens is 240 g/mol. The second kappa shape index (κ2) is 5.74. The summed E-state index contributed by atoms with van der Waals surface area (Å²) in [6.45, 7) is 4.10. The van der Waals surface area contributed by atoms with Crippen LogP contribution in [-0.2, 0) is 0 Å². The summed E-state index contributed by atoms with van der Waals surface area (Å²) in [6, 6.07) is 1.91. The number of nitrogen functional groups attached to an aromatic ring is 1. The molecule has 0 bridgehead atoms. The Labute approximate surface area is 114 Å². The maximum atomic E-state index is 10.1. The molecule has 0 aromatic carbocycles. The third kappa shape index (κ3) is 3.15. The first-order chi connectivity index (χ1) is 8.99. The van der Waals surface area contributed by atoms with Gasteiger partial charge < -0.3 is 15.7 Å². The van der Waals surface area contributed by atoms with Crippen LogP contribution in [0.4, 0.5) is 11.6 Å². The van der Waals surface area contributed by atoms with Crippen molar-refractivity contribution < 1.29 is 5.11 Å². The quantitative estimate of drug-likeness (QED) is 0.872. The third-order valence-electron chi connectivity index (χ3n) is 3.82. The summed E-state index contributed by atoms with van der Waals surface area (Å²) in [5, 5.41) is 10.1. The number of aromatic nitrogens is 2. The zero-order chi connectivity index (χ0) is 14.0. The van der Waals surface area contributed by atoms with E-state index in [-0.39, 0.29) is 18.1 Å². The lowest BCUT2D eigenvalue weighted by Crippen LogP contribution is -2.44. The highest BCUT2D eigenvalue weighted by Crippen LogP contribution is 2.27. The summed E-state index contributed by atoms with van der Waals surface area (Å²) in [6.07, 6.45) is 3.85. The fourth-order valence-corrected chi connectivity index (χ4v) is 2.62. The zero-order valence-electron chi connectivity index (χ0n) is 12.0. The Kier molecular flexibility index (Phi) is 4.24. The summed E-state index contributed by atoms with van der Waals surface area (Å²) in [5.74, 6) is 2.30. The molecule has 0 saturated heterocycles. The van der Waals surface area contributed by atoms with E-state index in [0.29, 0.717) is 5.82 Å². The molecule has 5 nitrogen and oxygen atoms in total. The standard InChI is InChI=1S/C14H24N4O/c1-9(2)14-16-12(15)8-13(17-14)18(3)10-6-4-5-7-11(10)19/h8-11,19H,4-7H2,1-3H3,(H2,15,16,17). The molecule has 1 aromatic heterocycles. The van der Waals surface area contributed by atoms with Crippen LogP contribution in [0.2, 0.25) is 0 Å². The molecule has 106 valence electrons. The van der Waals surface area contributed by atoms with Gasteiger partial charge in [-0.25, -0.2) is 9.97 Å². The molecule has 1 aliphatic rings. The summed E-state index contributed by atoms with van der Waals surface area (Å²) in [4.78, 5) is 10.9. The second-order valence-corrected chi connectivity index (χ2v) is 5.69. The molecule has 1 fully saturated rings. The van der Waals surface area contributed by atoms with E-state index in [1.165, 1.54) is 0 Å². The van der Waals surface area contributed by atoms with Gasteiger partial charge in [0.25, 0.3) is 0 Å². The van der Waals surface area contributed by atoms with Gasteiger partial charge in [-0.2, -0.15) is 0 Å². The van der Waals surface area contributed by atoms with Crippen LogP contribution in [-0.4, -0.2) is 34.3 Å². The number of hydrogen-bond donors (Lipinski definition) is 2. The number of rotatable bonds is 3. The number of nitrogens with two attached hydrogens (primary N) is 1. The molecule has 5 heteroatoms. The van der Waals surface area contributed by atoms with Gasteiger partial charge in [-0.3, -0.25) is 0 Å². The summed E-state index contributed by atoms with van der Waals surface area (Å²) in [5.41, 5.74) is 5.86. The predicted octanol–water partition coefficient (Wildman–Crippen LogP) is 1.92. The molecule has 2 atom stereocenters. The third-order valence-corrected chi connectivity index (χ3v) is 3.82. The van der Waals surface area contributed by atoms with Crippen molar-refractivity contribution in [3.05, 3.63) is 11.9 Å². The molecule has 0 amide bonds. The van der Waals surface area contributed by atoms with Gasteiger partial charge in [-0.1, -0.05) is 26.7 Å². The van der Waals surface area contributed by atoms with Gasteiger partial charge in [0.1, 0.15) is 17.5 Å². The average molecular weight is 264 g/mol. The molecule has 19 heavy (non-hydrogen) atoms. The van der Waals surface area contributed by atoms with Gasteiger partial charge in [0.2, 0.25) is 0 Å². The molecule has 2 unspecified atom stereocenters. The van der Waals surface area contributed by atoms with E-state index in [0.717, 1.165) is 37.3 Å². The summed E-state index contributed by atoms with van der Waals surface area (Å²) < 4.78 is 0. The molecule has 1 aliphatic carbocycles. The Morgan fingerprint density at radius 1 is 1.32 bits per heavy atom. The second-order valence-electron chi connectivity index (χ2n) is 5.69. The topological polar surface area (TPSA) is 75.3 Å². The minimum absolute atomic E-state index is 0.128. The molecular formula is C14H24N4O. The van der Waals surface area contributed by atoms with Crippen LogP contribution in [0.5, 0.6) is 0 Å². The molecule has 0 aliphatic heterocycles. The van der Waals surface area contributed by atoms with Crippen LogP contribution in [0.3, 0.4) is 0 Å². The zero-order valence-corrected chi connectivity index (χ0v) is 12.0. The Morgan fingerprint density at radius 3 is 2.63 bits per heavy atom. The SMILES string of the molecule is CC(C)c1nc(N)cc(N(C)C2CCCCC2O)n1. The van der Waals surface area contributed by atoms with Crippen molar-refractivity contribution >= 4 is 11.6 Å². The van der Waals surface area contributed by atoms with Crippen molar-refractivity contribution in [2.45, 2.75) is 57.6 Å². The number of nitrogens with zero attached hydrogens (tertiary/aromatic N) is 3. The Bertz CT molecular complexity index is 435. The maximum absolute atomic E-state index is 10.1. The molecule has 0 spiro atoms. The monoisotopic (exact) mass is 264 g/mol. The first-order valence-electron chi connectivity index (χ1n) is 7.04. The fraction of sp³-hybridized carbons (Fsp3) is 0.714. The van der Waals surface area contributed by atoms with Gasteiger partial charge in [-0.05, 0) is 12.8 Å². The number of aliphatic hydroxyl groups is 1. The van der Waals surface area contributed by atoms with Gasteiger partial charge in [0.15, 0.2) is 0 Å². The number of aliphatic hydroxyl groups excluding tert-OH is 1. The summed E-state index contributed by atoms with van der Waals surface area (Å²) >= 11 is 0. The molecule has 0 radical (unpaired) electrons. The lowest BCUT2D eigenvalue weighted by atomic mass is 9.91. The van der Waals surface area contributed by atoms with Crippen LogP contribution in [0.1, 0.15) is 51.3 Å². The van der Waals surface area contributed by atoms with E-state index in [1.807, 2.05) is 25.8 Å². The lowest BCUT2D eigenvalue weighted by Gasteiger charge is -2.36. The number of likely N-dealkylation sites (N-methyl/N-ethyl adjacent to an activating group) is 1. The van der Waals surface area contributed by atoms with Gasteiger partial charge in [0, 0.05) is 19.0 Å². The van der Waals surface area contributed by atoms with Crippen molar-refractivity contribution in [1.29, 1.82) is 0 Å². The van der Waals surface area contributed by atoms with Crippen LogP contribution >= 0.6 is 0 Å². The predicted molar refractivity (Wildman–Crippen MR) is 77.2 cm³/mol. The molecule has 1 heterocycles. The van der Waals surface area contributed by atoms with E-state index < -0.39 is 0 Å². The minimum Gasteiger partial charge on any atom is -0.391 e. The molecule has 2 rings (SSSR count). The smallest absolute Gasteiger partial charge is 0.135 e. The highest BCUT2D eigenvalue weighted by molar-refractivity contribution is 5.47. The average Bonchev–Trinajstić information content (AvgIpc) is 2.37. The highest BCUT2D eigenvalue weighted by Gasteiger charge is 2.27. The van der Waals surface area contributed by atoms with Crippen molar-refractivity contribution in [2.75, 3.05) is 17.7 Å².